The first-order valence-corrected chi connectivity index (χ1v) is 4.14. The Morgan fingerprint density at radius 1 is 1.73 bits per heavy atom. The predicted octanol–water partition coefficient (Wildman–Crippen LogP) is 2.12. The summed E-state index contributed by atoms with van der Waals surface area (Å²) in [5.74, 6) is 0.0911. The first-order chi connectivity index (χ1) is 5.27. The van der Waals surface area contributed by atoms with Crippen LogP contribution in [0.3, 0.4) is 0 Å². The molecule has 0 aliphatic carbocycles. The van der Waals surface area contributed by atoms with Gasteiger partial charge in [0.05, 0.1) is 19.0 Å². The third kappa shape index (κ3) is 1.89. The molecule has 0 amide bonds. The van der Waals surface area contributed by atoms with E-state index in [-0.39, 0.29) is 5.82 Å². The molecule has 0 aliphatic heterocycles. The monoisotopic (exact) mass is 219 g/mol. The fourth-order valence-electron chi connectivity index (χ4n) is 0.726. The van der Waals surface area contributed by atoms with E-state index in [4.69, 9.17) is 4.74 Å². The fourth-order valence-corrected chi connectivity index (χ4v) is 1.15. The highest BCUT2D eigenvalue weighted by Gasteiger charge is 2.03. The summed E-state index contributed by atoms with van der Waals surface area (Å²) in [6, 6.07) is 1.31. The SMILES string of the molecule is COc1cc(F)cnc1CBr. The highest BCUT2D eigenvalue weighted by molar-refractivity contribution is 9.08. The van der Waals surface area contributed by atoms with Gasteiger partial charge in [0.1, 0.15) is 11.6 Å². The first kappa shape index (κ1) is 8.46. The van der Waals surface area contributed by atoms with E-state index in [9.17, 15) is 4.39 Å². The number of aromatic nitrogens is 1. The van der Waals surface area contributed by atoms with Crippen LogP contribution in [0.2, 0.25) is 0 Å². The molecule has 11 heavy (non-hydrogen) atoms. The Morgan fingerprint density at radius 2 is 2.45 bits per heavy atom. The standard InChI is InChI=1S/C7H7BrFNO/c1-11-7-2-5(9)4-10-6(7)3-8/h2,4H,3H2,1H3. The van der Waals surface area contributed by atoms with Crippen LogP contribution in [0.25, 0.3) is 0 Å². The lowest BCUT2D eigenvalue weighted by atomic mass is 10.3. The van der Waals surface area contributed by atoms with Gasteiger partial charge in [-0.05, 0) is 0 Å². The summed E-state index contributed by atoms with van der Waals surface area (Å²) >= 11 is 3.21. The molecule has 0 aliphatic rings. The van der Waals surface area contributed by atoms with Gasteiger partial charge in [0, 0.05) is 11.4 Å². The van der Waals surface area contributed by atoms with Crippen molar-refractivity contribution in [3.05, 3.63) is 23.8 Å². The van der Waals surface area contributed by atoms with Crippen LogP contribution in [0, 0.1) is 5.82 Å². The number of hydrogen-bond donors (Lipinski definition) is 0. The lowest BCUT2D eigenvalue weighted by Crippen LogP contribution is -1.93. The van der Waals surface area contributed by atoms with E-state index in [1.54, 1.807) is 0 Å². The highest BCUT2D eigenvalue weighted by Crippen LogP contribution is 2.18. The van der Waals surface area contributed by atoms with Crippen molar-refractivity contribution in [2.75, 3.05) is 7.11 Å². The third-order valence-corrected chi connectivity index (χ3v) is 1.77. The second-order valence-electron chi connectivity index (χ2n) is 1.94. The summed E-state index contributed by atoms with van der Waals surface area (Å²) in [6.45, 7) is 0. The lowest BCUT2D eigenvalue weighted by molar-refractivity contribution is 0.404. The minimum Gasteiger partial charge on any atom is -0.495 e. The van der Waals surface area contributed by atoms with Gasteiger partial charge in [-0.15, -0.1) is 0 Å². The van der Waals surface area contributed by atoms with Crippen LogP contribution in [0.15, 0.2) is 12.3 Å². The molecular formula is C7H7BrFNO. The van der Waals surface area contributed by atoms with E-state index >= 15 is 0 Å². The van der Waals surface area contributed by atoms with Crippen molar-refractivity contribution in [3.63, 3.8) is 0 Å². The van der Waals surface area contributed by atoms with Crippen molar-refractivity contribution in [1.29, 1.82) is 0 Å². The van der Waals surface area contributed by atoms with Gasteiger partial charge < -0.3 is 4.74 Å². The molecule has 1 rings (SSSR count). The fraction of sp³-hybridized carbons (Fsp3) is 0.286. The van der Waals surface area contributed by atoms with Gasteiger partial charge in [-0.25, -0.2) is 4.39 Å². The van der Waals surface area contributed by atoms with E-state index in [1.807, 2.05) is 0 Å². The third-order valence-electron chi connectivity index (χ3n) is 1.24. The maximum Gasteiger partial charge on any atom is 0.145 e. The van der Waals surface area contributed by atoms with Crippen LogP contribution in [0.4, 0.5) is 4.39 Å². The van der Waals surface area contributed by atoms with Gasteiger partial charge in [0.2, 0.25) is 0 Å². The van der Waals surface area contributed by atoms with E-state index in [0.29, 0.717) is 16.8 Å². The Morgan fingerprint density at radius 3 is 3.00 bits per heavy atom. The van der Waals surface area contributed by atoms with E-state index in [2.05, 4.69) is 20.9 Å². The maximum absolute atomic E-state index is 12.5. The minimum atomic E-state index is -0.383. The molecular weight excluding hydrogens is 213 g/mol. The van der Waals surface area contributed by atoms with E-state index in [1.165, 1.54) is 19.4 Å². The van der Waals surface area contributed by atoms with Crippen LogP contribution >= 0.6 is 15.9 Å². The first-order valence-electron chi connectivity index (χ1n) is 3.02. The van der Waals surface area contributed by atoms with Crippen LogP contribution in [0.5, 0.6) is 5.75 Å². The van der Waals surface area contributed by atoms with Crippen LogP contribution in [-0.2, 0) is 5.33 Å². The number of ether oxygens (including phenoxy) is 1. The molecule has 0 spiro atoms. The maximum atomic E-state index is 12.5. The summed E-state index contributed by atoms with van der Waals surface area (Å²) < 4.78 is 17.4. The molecule has 4 heteroatoms. The lowest BCUT2D eigenvalue weighted by Gasteiger charge is -2.03. The Hall–Kier alpha value is -0.640. The molecule has 0 N–H and O–H groups in total. The van der Waals surface area contributed by atoms with Crippen LogP contribution in [-0.4, -0.2) is 12.1 Å². The zero-order valence-electron chi connectivity index (χ0n) is 5.97. The number of halogens is 2. The summed E-state index contributed by atoms with van der Waals surface area (Å²) in [5.41, 5.74) is 0.703. The molecule has 0 unspecified atom stereocenters. The van der Waals surface area contributed by atoms with Crippen molar-refractivity contribution in [2.24, 2.45) is 0 Å². The smallest absolute Gasteiger partial charge is 0.145 e. The molecule has 60 valence electrons. The average Bonchev–Trinajstić information content (AvgIpc) is 2.04. The van der Waals surface area contributed by atoms with Crippen molar-refractivity contribution < 1.29 is 9.13 Å². The van der Waals surface area contributed by atoms with Gasteiger partial charge >= 0.3 is 0 Å². The summed E-state index contributed by atoms with van der Waals surface area (Å²) in [7, 11) is 1.49. The largest absolute Gasteiger partial charge is 0.495 e. The van der Waals surface area contributed by atoms with Crippen molar-refractivity contribution in [2.45, 2.75) is 5.33 Å². The number of alkyl halides is 1. The molecule has 0 radical (unpaired) electrons. The molecule has 2 nitrogen and oxygen atoms in total. The van der Waals surface area contributed by atoms with Crippen molar-refractivity contribution in [3.8, 4) is 5.75 Å². The number of hydrogen-bond acceptors (Lipinski definition) is 2. The zero-order chi connectivity index (χ0) is 8.27. The molecule has 1 heterocycles. The molecule has 0 saturated carbocycles. The van der Waals surface area contributed by atoms with E-state index in [0.717, 1.165) is 0 Å². The molecule has 0 aromatic carbocycles. The topological polar surface area (TPSA) is 22.1 Å². The number of pyridine rings is 1. The zero-order valence-corrected chi connectivity index (χ0v) is 7.56. The summed E-state index contributed by atoms with van der Waals surface area (Å²) in [5, 5.41) is 0.566. The Balaban J connectivity index is 3.06. The summed E-state index contributed by atoms with van der Waals surface area (Å²) in [6.07, 6.45) is 1.17. The Bertz CT molecular complexity index is 254. The number of nitrogens with zero attached hydrogens (tertiary/aromatic N) is 1. The van der Waals surface area contributed by atoms with Crippen molar-refractivity contribution in [1.82, 2.24) is 4.98 Å². The van der Waals surface area contributed by atoms with Gasteiger partial charge in [0.25, 0.3) is 0 Å². The molecule has 0 bridgehead atoms. The van der Waals surface area contributed by atoms with Gasteiger partial charge in [-0.2, -0.15) is 0 Å². The quantitative estimate of drug-likeness (QED) is 0.712. The average molecular weight is 220 g/mol. The van der Waals surface area contributed by atoms with Gasteiger partial charge in [0.15, 0.2) is 0 Å². The Kier molecular flexibility index (Phi) is 2.82. The predicted molar refractivity (Wildman–Crippen MR) is 43.4 cm³/mol. The van der Waals surface area contributed by atoms with Crippen molar-refractivity contribution >= 4 is 15.9 Å². The number of rotatable bonds is 2. The normalized spacial score (nSPS) is 9.73. The molecule has 0 atom stereocenters. The molecule has 1 aromatic heterocycles. The second-order valence-corrected chi connectivity index (χ2v) is 2.50. The molecule has 0 fully saturated rings. The van der Waals surface area contributed by atoms with Gasteiger partial charge in [-0.3, -0.25) is 4.98 Å². The van der Waals surface area contributed by atoms with Crippen LogP contribution < -0.4 is 4.74 Å². The van der Waals surface area contributed by atoms with Crippen LogP contribution in [0.1, 0.15) is 5.69 Å². The minimum absolute atomic E-state index is 0.383. The number of methoxy groups -OCH3 is 1. The highest BCUT2D eigenvalue weighted by atomic mass is 79.9. The molecule has 1 aromatic rings. The van der Waals surface area contributed by atoms with Gasteiger partial charge in [-0.1, -0.05) is 15.9 Å². The summed E-state index contributed by atoms with van der Waals surface area (Å²) in [4.78, 5) is 3.82. The van der Waals surface area contributed by atoms with E-state index < -0.39 is 0 Å². The Labute approximate surface area is 72.5 Å². The second kappa shape index (κ2) is 3.67. The molecule has 0 saturated heterocycles.